The molecule has 1 saturated heterocycles. The number of nitrogens with one attached hydrogen (secondary N) is 1. The Bertz CT molecular complexity index is 561. The molecule has 6 heteroatoms. The number of hydrogen-bond acceptors (Lipinski definition) is 5. The van der Waals surface area contributed by atoms with Crippen molar-refractivity contribution >= 4 is 11.0 Å². The zero-order chi connectivity index (χ0) is 12.7. The van der Waals surface area contributed by atoms with E-state index >= 15 is 0 Å². The van der Waals surface area contributed by atoms with Gasteiger partial charge in [0.2, 0.25) is 0 Å². The van der Waals surface area contributed by atoms with Crippen molar-refractivity contribution in [2.75, 3.05) is 33.0 Å². The molecule has 6 nitrogen and oxygen atoms in total. The average Bonchev–Trinajstić information content (AvgIpc) is 2.88. The van der Waals surface area contributed by atoms with Crippen LogP contribution >= 0.6 is 0 Å². The third kappa shape index (κ3) is 1.93. The molecule has 2 aliphatic rings. The van der Waals surface area contributed by atoms with Crippen LogP contribution in [-0.2, 0) is 9.47 Å². The van der Waals surface area contributed by atoms with Gasteiger partial charge in [-0.2, -0.15) is 0 Å². The number of rotatable bonds is 1. The maximum Gasteiger partial charge on any atom is 0.163 e. The van der Waals surface area contributed by atoms with E-state index in [1.165, 1.54) is 0 Å². The van der Waals surface area contributed by atoms with E-state index in [9.17, 15) is 0 Å². The van der Waals surface area contributed by atoms with E-state index in [0.717, 1.165) is 28.4 Å². The van der Waals surface area contributed by atoms with E-state index in [0.29, 0.717) is 33.0 Å². The van der Waals surface area contributed by atoms with E-state index in [-0.39, 0.29) is 6.10 Å². The molecule has 4 rings (SSSR count). The molecule has 19 heavy (non-hydrogen) atoms. The van der Waals surface area contributed by atoms with Crippen LogP contribution in [-0.4, -0.2) is 43.0 Å². The lowest BCUT2D eigenvalue weighted by Gasteiger charge is -2.20. The van der Waals surface area contributed by atoms with Gasteiger partial charge in [-0.3, -0.25) is 0 Å². The van der Waals surface area contributed by atoms with Crippen LogP contribution in [0.5, 0.6) is 11.5 Å². The predicted octanol–water partition coefficient (Wildman–Crippen LogP) is 1.42. The average molecular weight is 262 g/mol. The molecule has 1 unspecified atom stereocenters. The highest BCUT2D eigenvalue weighted by atomic mass is 16.6. The zero-order valence-electron chi connectivity index (χ0n) is 10.3. The van der Waals surface area contributed by atoms with E-state index in [1.807, 2.05) is 12.1 Å². The van der Waals surface area contributed by atoms with Crippen LogP contribution in [0.3, 0.4) is 0 Å². The van der Waals surface area contributed by atoms with Crippen LogP contribution in [0, 0.1) is 0 Å². The standard InChI is InChI=1S/C13H14N2O4/c1-2-19-12(7-16-1)13-14-8-5-10-11(6-9(8)15-13)18-4-3-17-10/h5-6,12H,1-4,7H2,(H,14,15). The molecule has 2 aromatic rings. The molecule has 3 heterocycles. The molecule has 0 bridgehead atoms. The normalized spacial score (nSPS) is 22.6. The van der Waals surface area contributed by atoms with Gasteiger partial charge < -0.3 is 23.9 Å². The minimum absolute atomic E-state index is 0.125. The number of imidazole rings is 1. The number of fused-ring (bicyclic) bond motifs is 2. The van der Waals surface area contributed by atoms with Gasteiger partial charge in [0.05, 0.1) is 30.9 Å². The third-order valence-corrected chi connectivity index (χ3v) is 3.29. The van der Waals surface area contributed by atoms with Gasteiger partial charge in [-0.05, 0) is 0 Å². The van der Waals surface area contributed by atoms with Gasteiger partial charge in [0, 0.05) is 12.1 Å². The highest BCUT2D eigenvalue weighted by Gasteiger charge is 2.21. The first-order valence-electron chi connectivity index (χ1n) is 6.39. The molecular formula is C13H14N2O4. The minimum atomic E-state index is -0.125. The van der Waals surface area contributed by atoms with Crippen LogP contribution in [0.1, 0.15) is 11.9 Å². The van der Waals surface area contributed by atoms with Crippen molar-refractivity contribution in [3.05, 3.63) is 18.0 Å². The second-order valence-electron chi connectivity index (χ2n) is 4.57. The Morgan fingerprint density at radius 2 is 1.89 bits per heavy atom. The van der Waals surface area contributed by atoms with Gasteiger partial charge in [-0.25, -0.2) is 4.98 Å². The molecule has 0 saturated carbocycles. The second kappa shape index (κ2) is 4.40. The number of ether oxygens (including phenoxy) is 4. The molecule has 1 aromatic heterocycles. The summed E-state index contributed by atoms with van der Waals surface area (Å²) in [5.74, 6) is 2.30. The summed E-state index contributed by atoms with van der Waals surface area (Å²) >= 11 is 0. The fraction of sp³-hybridized carbons (Fsp3) is 0.462. The maximum absolute atomic E-state index is 5.64. The van der Waals surface area contributed by atoms with Gasteiger partial charge in [0.15, 0.2) is 11.5 Å². The van der Waals surface area contributed by atoms with Gasteiger partial charge in [-0.1, -0.05) is 0 Å². The van der Waals surface area contributed by atoms with Gasteiger partial charge in [0.1, 0.15) is 25.1 Å². The number of benzene rings is 1. The monoisotopic (exact) mass is 262 g/mol. The quantitative estimate of drug-likeness (QED) is 0.842. The summed E-state index contributed by atoms with van der Waals surface area (Å²) < 4.78 is 22.1. The number of hydrogen-bond donors (Lipinski definition) is 1. The Kier molecular flexibility index (Phi) is 2.56. The Labute approximate surface area is 109 Å². The molecular weight excluding hydrogens is 248 g/mol. The van der Waals surface area contributed by atoms with Crippen molar-refractivity contribution in [2.24, 2.45) is 0 Å². The molecule has 0 amide bonds. The van der Waals surface area contributed by atoms with Crippen LogP contribution in [0.25, 0.3) is 11.0 Å². The molecule has 1 aromatic carbocycles. The van der Waals surface area contributed by atoms with Gasteiger partial charge >= 0.3 is 0 Å². The molecule has 0 radical (unpaired) electrons. The summed E-state index contributed by atoms with van der Waals surface area (Å²) in [6.07, 6.45) is -0.125. The summed E-state index contributed by atoms with van der Waals surface area (Å²) in [5, 5.41) is 0. The van der Waals surface area contributed by atoms with Crippen molar-refractivity contribution in [3.8, 4) is 11.5 Å². The Balaban J connectivity index is 1.73. The fourth-order valence-electron chi connectivity index (χ4n) is 2.36. The van der Waals surface area contributed by atoms with Crippen molar-refractivity contribution in [1.29, 1.82) is 0 Å². The topological polar surface area (TPSA) is 65.6 Å². The Hall–Kier alpha value is -1.79. The minimum Gasteiger partial charge on any atom is -0.486 e. The zero-order valence-corrected chi connectivity index (χ0v) is 10.3. The lowest BCUT2D eigenvalue weighted by Crippen LogP contribution is -2.22. The van der Waals surface area contributed by atoms with Crippen LogP contribution in [0.2, 0.25) is 0 Å². The highest BCUT2D eigenvalue weighted by Crippen LogP contribution is 2.34. The molecule has 1 atom stereocenters. The molecule has 1 N–H and O–H groups in total. The number of H-pyrrole nitrogens is 1. The molecule has 0 spiro atoms. The largest absolute Gasteiger partial charge is 0.486 e. The molecule has 100 valence electrons. The van der Waals surface area contributed by atoms with Crippen LogP contribution in [0.4, 0.5) is 0 Å². The summed E-state index contributed by atoms with van der Waals surface area (Å²) in [7, 11) is 0. The third-order valence-electron chi connectivity index (χ3n) is 3.29. The maximum atomic E-state index is 5.64. The summed E-state index contributed by atoms with van der Waals surface area (Å²) in [4.78, 5) is 7.81. The van der Waals surface area contributed by atoms with Crippen molar-refractivity contribution < 1.29 is 18.9 Å². The molecule has 1 fully saturated rings. The second-order valence-corrected chi connectivity index (χ2v) is 4.57. The number of aromatic amines is 1. The molecule has 2 aliphatic heterocycles. The lowest BCUT2D eigenvalue weighted by atomic mass is 10.2. The predicted molar refractivity (Wildman–Crippen MR) is 66.6 cm³/mol. The first-order valence-corrected chi connectivity index (χ1v) is 6.39. The lowest BCUT2D eigenvalue weighted by molar-refractivity contribution is -0.0931. The van der Waals surface area contributed by atoms with Crippen LogP contribution in [0.15, 0.2) is 12.1 Å². The Morgan fingerprint density at radius 1 is 1.05 bits per heavy atom. The van der Waals surface area contributed by atoms with Crippen LogP contribution < -0.4 is 9.47 Å². The van der Waals surface area contributed by atoms with E-state index in [4.69, 9.17) is 18.9 Å². The summed E-state index contributed by atoms with van der Waals surface area (Å²) in [6, 6.07) is 3.82. The van der Waals surface area contributed by atoms with Crippen molar-refractivity contribution in [2.45, 2.75) is 6.10 Å². The highest BCUT2D eigenvalue weighted by molar-refractivity contribution is 5.80. The van der Waals surface area contributed by atoms with E-state index in [1.54, 1.807) is 0 Å². The SMILES string of the molecule is c1c2c(cc3[nH]c(C4COCCO4)nc13)OCCO2. The van der Waals surface area contributed by atoms with Gasteiger partial charge in [-0.15, -0.1) is 0 Å². The summed E-state index contributed by atoms with van der Waals surface area (Å²) in [6.45, 7) is 2.94. The number of aromatic nitrogens is 2. The van der Waals surface area contributed by atoms with E-state index in [2.05, 4.69) is 9.97 Å². The van der Waals surface area contributed by atoms with Gasteiger partial charge in [0.25, 0.3) is 0 Å². The fourth-order valence-corrected chi connectivity index (χ4v) is 2.36. The van der Waals surface area contributed by atoms with Crippen molar-refractivity contribution in [1.82, 2.24) is 9.97 Å². The first kappa shape index (κ1) is 11.1. The van der Waals surface area contributed by atoms with Crippen molar-refractivity contribution in [3.63, 3.8) is 0 Å². The smallest absolute Gasteiger partial charge is 0.163 e. The first-order chi connectivity index (χ1) is 9.40. The van der Waals surface area contributed by atoms with E-state index < -0.39 is 0 Å². The molecule has 0 aliphatic carbocycles. The number of nitrogens with zero attached hydrogens (tertiary/aromatic N) is 1. The Morgan fingerprint density at radius 3 is 2.68 bits per heavy atom. The summed E-state index contributed by atoms with van der Waals surface area (Å²) in [5.41, 5.74) is 1.78.